The Morgan fingerprint density at radius 1 is 1.09 bits per heavy atom. The first-order valence-electron chi connectivity index (χ1n) is 14.1. The summed E-state index contributed by atoms with van der Waals surface area (Å²) in [6.45, 7) is 1.09. The van der Waals surface area contributed by atoms with Crippen molar-refractivity contribution in [3.05, 3.63) is 95.7 Å². The molecule has 9 nitrogen and oxygen atoms in total. The van der Waals surface area contributed by atoms with E-state index in [4.69, 9.17) is 0 Å². The lowest BCUT2D eigenvalue weighted by molar-refractivity contribution is -0.137. The monoisotopic (exact) mass is 623 g/mol. The van der Waals surface area contributed by atoms with Gasteiger partial charge in [-0.25, -0.2) is 0 Å². The third kappa shape index (κ3) is 5.97. The van der Waals surface area contributed by atoms with Gasteiger partial charge in [-0.15, -0.1) is 11.3 Å². The maximum absolute atomic E-state index is 13.9. The number of alkyl halides is 3. The summed E-state index contributed by atoms with van der Waals surface area (Å²) < 4.78 is 41.6. The number of nitrogens with zero attached hydrogens (tertiary/aromatic N) is 2. The summed E-state index contributed by atoms with van der Waals surface area (Å²) in [5.41, 5.74) is 0.708. The Labute approximate surface area is 253 Å². The van der Waals surface area contributed by atoms with Gasteiger partial charge in [-0.2, -0.15) is 13.2 Å². The minimum absolute atomic E-state index is 0.0881. The van der Waals surface area contributed by atoms with Crippen molar-refractivity contribution >= 4 is 51.8 Å². The van der Waals surface area contributed by atoms with E-state index in [-0.39, 0.29) is 27.6 Å². The molecule has 0 unspecified atom stereocenters. The third-order valence-corrected chi connectivity index (χ3v) is 8.70. The Balaban J connectivity index is 1.22. The van der Waals surface area contributed by atoms with E-state index in [1.807, 2.05) is 12.1 Å². The molecule has 1 aliphatic heterocycles. The number of piperidine rings is 1. The van der Waals surface area contributed by atoms with Crippen LogP contribution in [0.5, 0.6) is 0 Å². The number of pyridine rings is 1. The van der Waals surface area contributed by atoms with Crippen molar-refractivity contribution in [2.45, 2.75) is 44.5 Å². The number of aromatic nitrogens is 1. The summed E-state index contributed by atoms with van der Waals surface area (Å²) in [6.07, 6.45) is 3.19. The maximum atomic E-state index is 13.9. The molecule has 13 heteroatoms. The second-order valence-electron chi connectivity index (χ2n) is 10.8. The van der Waals surface area contributed by atoms with Crippen LogP contribution in [0.2, 0.25) is 0 Å². The van der Waals surface area contributed by atoms with Crippen LogP contribution in [0.3, 0.4) is 0 Å². The first-order valence-corrected chi connectivity index (χ1v) is 15.0. The number of hydrogen-bond donors (Lipinski definition) is 4. The highest BCUT2D eigenvalue weighted by Gasteiger charge is 2.33. The number of thiophene rings is 1. The number of aliphatic hydroxyl groups is 1. The molecule has 1 amide bonds. The lowest BCUT2D eigenvalue weighted by Crippen LogP contribution is -2.46. The number of carbonyl (C=O) groups is 1. The number of halogens is 3. The number of amides is 1. The molecule has 0 bridgehead atoms. The molecule has 0 radical (unpaired) electrons. The quantitative estimate of drug-likeness (QED) is 0.196. The zero-order chi connectivity index (χ0) is 31.0. The van der Waals surface area contributed by atoms with Crippen molar-refractivity contribution in [1.29, 1.82) is 0 Å². The van der Waals surface area contributed by atoms with E-state index < -0.39 is 34.6 Å². The van der Waals surface area contributed by atoms with E-state index in [0.717, 1.165) is 53.1 Å². The molecule has 0 spiro atoms. The first-order chi connectivity index (χ1) is 21.1. The number of aliphatic hydroxyl groups excluding tert-OH is 1. The van der Waals surface area contributed by atoms with E-state index in [2.05, 4.69) is 27.0 Å². The fraction of sp³-hybridized carbons (Fsp3) is 0.290. The summed E-state index contributed by atoms with van der Waals surface area (Å²) in [4.78, 5) is 44.4. The molecular weight excluding hydrogens is 595 g/mol. The molecule has 4 N–H and O–H groups in total. The van der Waals surface area contributed by atoms with Crippen LogP contribution in [0.4, 0.5) is 41.6 Å². The van der Waals surface area contributed by atoms with Crippen LogP contribution in [-0.2, 0) is 19.1 Å². The average Bonchev–Trinajstić information content (AvgIpc) is 3.49. The second-order valence-corrected chi connectivity index (χ2v) is 11.7. The standard InChI is InChI=1S/C31H28F3N5O4S/c32-31(33,34)18-13-19(37-25-26(28(42)27(25)41)39-10-6-21(40)7-11-39)15-20(14-18)38-30(43)29-24(8-12-44-29)36-16-17-5-9-35-23-4-2-1-3-22(17)23/h1,3,5,8-9,12-15,21,36-37,40H,2,4,6-7,10-11,16H2,(H,38,43). The number of anilines is 5. The molecular formula is C31H28F3N5O4S. The van der Waals surface area contributed by atoms with Crippen molar-refractivity contribution < 1.29 is 23.1 Å². The molecule has 1 aliphatic carbocycles. The summed E-state index contributed by atoms with van der Waals surface area (Å²) in [5, 5.41) is 20.0. The van der Waals surface area contributed by atoms with Crippen molar-refractivity contribution in [2.75, 3.05) is 33.9 Å². The highest BCUT2D eigenvalue weighted by atomic mass is 32.1. The molecule has 228 valence electrons. The van der Waals surface area contributed by atoms with E-state index in [9.17, 15) is 32.7 Å². The Bertz CT molecular complexity index is 1820. The molecule has 6 rings (SSSR count). The highest BCUT2D eigenvalue weighted by molar-refractivity contribution is 7.12. The van der Waals surface area contributed by atoms with E-state index >= 15 is 0 Å². The Hall–Kier alpha value is -4.49. The molecule has 1 fully saturated rings. The van der Waals surface area contributed by atoms with Crippen LogP contribution >= 0.6 is 11.3 Å². The van der Waals surface area contributed by atoms with Gasteiger partial charge < -0.3 is 26.0 Å². The molecule has 2 aliphatic rings. The van der Waals surface area contributed by atoms with E-state index in [0.29, 0.717) is 38.2 Å². The fourth-order valence-corrected chi connectivity index (χ4v) is 6.27. The lowest BCUT2D eigenvalue weighted by Gasteiger charge is -2.33. The van der Waals surface area contributed by atoms with Crippen molar-refractivity contribution in [1.82, 2.24) is 4.98 Å². The summed E-state index contributed by atoms with van der Waals surface area (Å²) in [6, 6.07) is 6.55. The molecule has 1 saturated heterocycles. The molecule has 0 saturated carbocycles. The number of allylic oxidation sites excluding steroid dienone is 1. The van der Waals surface area contributed by atoms with Crippen LogP contribution in [0.25, 0.3) is 6.08 Å². The lowest BCUT2D eigenvalue weighted by atomic mass is 9.98. The SMILES string of the molecule is O=C(Nc1cc(Nc2c(N3CCC(O)CC3)c(=O)c2=O)cc(C(F)(F)F)c1)c1sccc1NCc1ccnc2c1C=CCC2. The second kappa shape index (κ2) is 11.9. The zero-order valence-corrected chi connectivity index (χ0v) is 24.1. The molecule has 2 aromatic heterocycles. The summed E-state index contributed by atoms with van der Waals surface area (Å²) in [7, 11) is 0. The van der Waals surface area contributed by atoms with Crippen molar-refractivity contribution in [2.24, 2.45) is 0 Å². The van der Waals surface area contributed by atoms with E-state index in [1.54, 1.807) is 22.5 Å². The normalized spacial score (nSPS) is 15.3. The number of nitrogens with one attached hydrogen (secondary N) is 3. The van der Waals surface area contributed by atoms with Crippen LogP contribution in [0.1, 0.15) is 51.3 Å². The van der Waals surface area contributed by atoms with Crippen LogP contribution < -0.4 is 31.7 Å². The maximum Gasteiger partial charge on any atom is 0.416 e. The average molecular weight is 624 g/mol. The smallest absolute Gasteiger partial charge is 0.393 e. The highest BCUT2D eigenvalue weighted by Crippen LogP contribution is 2.36. The number of hydrogen-bond acceptors (Lipinski definition) is 9. The van der Waals surface area contributed by atoms with Gasteiger partial charge in [0.25, 0.3) is 16.8 Å². The van der Waals surface area contributed by atoms with Gasteiger partial charge in [0.1, 0.15) is 16.3 Å². The van der Waals surface area contributed by atoms with Gasteiger partial charge in [-0.05, 0) is 67.0 Å². The van der Waals surface area contributed by atoms with Gasteiger partial charge in [0.2, 0.25) is 0 Å². The van der Waals surface area contributed by atoms with Gasteiger partial charge in [-0.1, -0.05) is 12.2 Å². The van der Waals surface area contributed by atoms with Gasteiger partial charge in [-0.3, -0.25) is 19.4 Å². The number of aryl methyl sites for hydroxylation is 1. The number of carbonyl (C=O) groups excluding carboxylic acids is 1. The van der Waals surface area contributed by atoms with Crippen molar-refractivity contribution in [3.63, 3.8) is 0 Å². The van der Waals surface area contributed by atoms with Gasteiger partial charge >= 0.3 is 6.18 Å². The van der Waals surface area contributed by atoms with Crippen LogP contribution in [0.15, 0.2) is 57.6 Å². The Morgan fingerprint density at radius 3 is 2.64 bits per heavy atom. The predicted molar refractivity (Wildman–Crippen MR) is 165 cm³/mol. The molecule has 2 aromatic carbocycles. The molecule has 0 atom stereocenters. The minimum Gasteiger partial charge on any atom is -0.393 e. The van der Waals surface area contributed by atoms with E-state index in [1.165, 1.54) is 6.07 Å². The van der Waals surface area contributed by atoms with Gasteiger partial charge in [0.05, 0.1) is 17.4 Å². The zero-order valence-electron chi connectivity index (χ0n) is 23.3. The largest absolute Gasteiger partial charge is 0.416 e. The molecule has 44 heavy (non-hydrogen) atoms. The number of rotatable bonds is 8. The third-order valence-electron chi connectivity index (χ3n) is 7.79. The van der Waals surface area contributed by atoms with Gasteiger partial charge in [0.15, 0.2) is 0 Å². The first kappa shape index (κ1) is 29.6. The van der Waals surface area contributed by atoms with Crippen molar-refractivity contribution in [3.8, 4) is 0 Å². The summed E-state index contributed by atoms with van der Waals surface area (Å²) >= 11 is 1.14. The van der Waals surface area contributed by atoms with Gasteiger partial charge in [0, 0.05) is 48.5 Å². The van der Waals surface area contributed by atoms with Crippen LogP contribution in [0, 0.1) is 0 Å². The summed E-state index contributed by atoms with van der Waals surface area (Å²) in [5.74, 6) is -0.605. The minimum atomic E-state index is -4.75. The molecule has 3 heterocycles. The predicted octanol–water partition coefficient (Wildman–Crippen LogP) is 5.29. The molecule has 4 aromatic rings. The fourth-order valence-electron chi connectivity index (χ4n) is 5.51. The topological polar surface area (TPSA) is 124 Å². The number of benzene rings is 1. The Kier molecular flexibility index (Phi) is 7.99. The van der Waals surface area contributed by atoms with Crippen LogP contribution in [-0.4, -0.2) is 35.2 Å². The number of fused-ring (bicyclic) bond motifs is 1. The Morgan fingerprint density at radius 2 is 1.86 bits per heavy atom.